The van der Waals surface area contributed by atoms with Crippen molar-refractivity contribution in [2.24, 2.45) is 0 Å². The number of carbonyl (C=O) groups excluding carboxylic acids is 1. The van der Waals surface area contributed by atoms with Gasteiger partial charge < -0.3 is 9.73 Å². The number of fused-ring (bicyclic) bond motifs is 1. The smallest absolute Gasteiger partial charge is 0.264 e. The standard InChI is InChI=1S/C21H20N2O4S/c1-15-13-17-5-2-3-7-20(17)23(15)28(25,26)19-10-8-16(9-11-19)21(24)22-14-18-6-4-12-27-18/h2-12,15H,13-14H2,1H3,(H,22,24). The number of sulfonamides is 1. The SMILES string of the molecule is CC1Cc2ccccc2N1S(=O)(=O)c1ccc(C(=O)NCc2ccco2)cc1. The molecule has 6 nitrogen and oxygen atoms in total. The molecule has 1 N–H and O–H groups in total. The number of rotatable bonds is 5. The zero-order valence-corrected chi connectivity index (χ0v) is 16.1. The molecule has 0 spiro atoms. The quantitative estimate of drug-likeness (QED) is 0.717. The van der Waals surface area contributed by atoms with Crippen molar-refractivity contribution in [1.82, 2.24) is 5.32 Å². The first kappa shape index (κ1) is 18.3. The van der Waals surface area contributed by atoms with Crippen LogP contribution < -0.4 is 9.62 Å². The summed E-state index contributed by atoms with van der Waals surface area (Å²) in [6.07, 6.45) is 2.22. The molecule has 3 aromatic rings. The van der Waals surface area contributed by atoms with Crippen LogP contribution >= 0.6 is 0 Å². The van der Waals surface area contributed by atoms with E-state index in [-0.39, 0.29) is 23.4 Å². The van der Waals surface area contributed by atoms with Gasteiger partial charge in [-0.3, -0.25) is 9.10 Å². The lowest BCUT2D eigenvalue weighted by Crippen LogP contribution is -2.35. The average Bonchev–Trinajstić information content (AvgIpc) is 3.33. The Morgan fingerprint density at radius 2 is 1.86 bits per heavy atom. The summed E-state index contributed by atoms with van der Waals surface area (Å²) in [5, 5.41) is 2.74. The van der Waals surface area contributed by atoms with Crippen LogP contribution in [0.15, 0.2) is 76.2 Å². The highest BCUT2D eigenvalue weighted by atomic mass is 32.2. The highest BCUT2D eigenvalue weighted by Gasteiger charge is 2.35. The number of para-hydroxylation sites is 1. The summed E-state index contributed by atoms with van der Waals surface area (Å²) in [6.45, 7) is 2.17. The molecule has 1 atom stereocenters. The fourth-order valence-corrected chi connectivity index (χ4v) is 5.17. The van der Waals surface area contributed by atoms with E-state index in [1.54, 1.807) is 18.4 Å². The Labute approximate surface area is 163 Å². The van der Waals surface area contributed by atoms with Gasteiger partial charge in [0.2, 0.25) is 0 Å². The van der Waals surface area contributed by atoms with E-state index in [4.69, 9.17) is 4.42 Å². The van der Waals surface area contributed by atoms with Crippen LogP contribution in [0.25, 0.3) is 0 Å². The Bertz CT molecular complexity index is 1090. The Hall–Kier alpha value is -3.06. The molecule has 0 aliphatic carbocycles. The highest BCUT2D eigenvalue weighted by Crippen LogP contribution is 2.36. The van der Waals surface area contributed by atoms with Crippen LogP contribution in [0.2, 0.25) is 0 Å². The maximum Gasteiger partial charge on any atom is 0.264 e. The van der Waals surface area contributed by atoms with Gasteiger partial charge in [0, 0.05) is 11.6 Å². The third-order valence-electron chi connectivity index (χ3n) is 4.82. The summed E-state index contributed by atoms with van der Waals surface area (Å²) < 4.78 is 33.0. The molecule has 1 aliphatic heterocycles. The van der Waals surface area contributed by atoms with Gasteiger partial charge in [-0.2, -0.15) is 0 Å². The van der Waals surface area contributed by atoms with Crippen molar-refractivity contribution in [3.05, 3.63) is 83.8 Å². The van der Waals surface area contributed by atoms with Crippen molar-refractivity contribution in [3.63, 3.8) is 0 Å². The molecular weight excluding hydrogens is 376 g/mol. The number of anilines is 1. The number of amides is 1. The zero-order valence-electron chi connectivity index (χ0n) is 15.3. The van der Waals surface area contributed by atoms with E-state index < -0.39 is 10.0 Å². The molecule has 0 saturated heterocycles. The minimum Gasteiger partial charge on any atom is -0.467 e. The predicted octanol–water partition coefficient (Wildman–Crippen LogP) is 3.35. The number of furan rings is 1. The summed E-state index contributed by atoms with van der Waals surface area (Å²) >= 11 is 0. The van der Waals surface area contributed by atoms with E-state index in [9.17, 15) is 13.2 Å². The Morgan fingerprint density at radius 3 is 2.57 bits per heavy atom. The van der Waals surface area contributed by atoms with E-state index in [1.807, 2.05) is 31.2 Å². The van der Waals surface area contributed by atoms with Crippen molar-refractivity contribution in [2.45, 2.75) is 30.8 Å². The second-order valence-corrected chi connectivity index (χ2v) is 8.58. The average molecular weight is 396 g/mol. The number of nitrogens with one attached hydrogen (secondary N) is 1. The monoisotopic (exact) mass is 396 g/mol. The second-order valence-electron chi connectivity index (χ2n) is 6.77. The minimum atomic E-state index is -3.70. The number of carbonyl (C=O) groups is 1. The Kier molecular flexibility index (Phi) is 4.68. The number of nitrogens with zero attached hydrogens (tertiary/aromatic N) is 1. The molecule has 1 aliphatic rings. The topological polar surface area (TPSA) is 79.6 Å². The highest BCUT2D eigenvalue weighted by molar-refractivity contribution is 7.92. The molecule has 1 unspecified atom stereocenters. The van der Waals surface area contributed by atoms with Gasteiger partial charge in [-0.15, -0.1) is 0 Å². The summed E-state index contributed by atoms with van der Waals surface area (Å²) in [7, 11) is -3.70. The number of hydrogen-bond acceptors (Lipinski definition) is 4. The maximum atomic E-state index is 13.2. The fraction of sp³-hybridized carbons (Fsp3) is 0.190. The van der Waals surface area contributed by atoms with Gasteiger partial charge in [-0.1, -0.05) is 18.2 Å². The second kappa shape index (κ2) is 7.16. The molecule has 28 heavy (non-hydrogen) atoms. The molecule has 2 heterocycles. The van der Waals surface area contributed by atoms with Crippen molar-refractivity contribution in [1.29, 1.82) is 0 Å². The van der Waals surface area contributed by atoms with Gasteiger partial charge in [0.15, 0.2) is 0 Å². The van der Waals surface area contributed by atoms with Crippen LogP contribution in [-0.4, -0.2) is 20.4 Å². The predicted molar refractivity (Wildman–Crippen MR) is 106 cm³/mol. The van der Waals surface area contributed by atoms with Crippen molar-refractivity contribution in [3.8, 4) is 0 Å². The van der Waals surface area contributed by atoms with E-state index in [1.165, 1.54) is 28.6 Å². The van der Waals surface area contributed by atoms with E-state index >= 15 is 0 Å². The molecule has 1 aromatic heterocycles. The third kappa shape index (κ3) is 3.29. The van der Waals surface area contributed by atoms with Crippen LogP contribution in [0.5, 0.6) is 0 Å². The molecule has 1 amide bonds. The first-order valence-electron chi connectivity index (χ1n) is 9.00. The van der Waals surface area contributed by atoms with Gasteiger partial charge in [-0.25, -0.2) is 8.42 Å². The van der Waals surface area contributed by atoms with Gasteiger partial charge >= 0.3 is 0 Å². The Balaban J connectivity index is 1.54. The maximum absolute atomic E-state index is 13.2. The van der Waals surface area contributed by atoms with Gasteiger partial charge in [0.1, 0.15) is 5.76 Å². The van der Waals surface area contributed by atoms with Crippen LogP contribution in [0.3, 0.4) is 0 Å². The van der Waals surface area contributed by atoms with Gasteiger partial charge in [0.25, 0.3) is 15.9 Å². The summed E-state index contributed by atoms with van der Waals surface area (Å²) in [4.78, 5) is 12.4. The van der Waals surface area contributed by atoms with Gasteiger partial charge in [-0.05, 0) is 61.4 Å². The van der Waals surface area contributed by atoms with Crippen molar-refractivity contribution < 1.29 is 17.6 Å². The van der Waals surface area contributed by atoms with E-state index in [2.05, 4.69) is 5.32 Å². The number of benzene rings is 2. The molecule has 0 radical (unpaired) electrons. The van der Waals surface area contributed by atoms with Crippen LogP contribution in [0, 0.1) is 0 Å². The molecule has 4 rings (SSSR count). The first-order valence-corrected chi connectivity index (χ1v) is 10.4. The largest absolute Gasteiger partial charge is 0.467 e. The molecule has 0 bridgehead atoms. The Morgan fingerprint density at radius 1 is 1.11 bits per heavy atom. The molecular formula is C21H20N2O4S. The molecule has 0 saturated carbocycles. The third-order valence-corrected chi connectivity index (χ3v) is 6.76. The van der Waals surface area contributed by atoms with Crippen molar-refractivity contribution >= 4 is 21.6 Å². The minimum absolute atomic E-state index is 0.154. The van der Waals surface area contributed by atoms with Crippen molar-refractivity contribution in [2.75, 3.05) is 4.31 Å². The number of hydrogen-bond donors (Lipinski definition) is 1. The first-order chi connectivity index (χ1) is 13.5. The van der Waals surface area contributed by atoms with Gasteiger partial charge in [0.05, 0.1) is 23.4 Å². The summed E-state index contributed by atoms with van der Waals surface area (Å²) in [5.74, 6) is 0.356. The molecule has 0 fully saturated rings. The lowest BCUT2D eigenvalue weighted by Gasteiger charge is -2.24. The summed E-state index contributed by atoms with van der Waals surface area (Å²) in [5.41, 5.74) is 2.13. The van der Waals surface area contributed by atoms with E-state index in [0.29, 0.717) is 17.7 Å². The van der Waals surface area contributed by atoms with E-state index in [0.717, 1.165) is 11.3 Å². The van der Waals surface area contributed by atoms with Crippen LogP contribution in [0.4, 0.5) is 5.69 Å². The lowest BCUT2D eigenvalue weighted by atomic mass is 10.1. The zero-order chi connectivity index (χ0) is 19.7. The molecule has 2 aromatic carbocycles. The summed E-state index contributed by atoms with van der Waals surface area (Å²) in [6, 6.07) is 16.9. The lowest BCUT2D eigenvalue weighted by molar-refractivity contribution is 0.0948. The van der Waals surface area contributed by atoms with Crippen LogP contribution in [0.1, 0.15) is 28.6 Å². The van der Waals surface area contributed by atoms with Crippen LogP contribution in [-0.2, 0) is 23.0 Å². The molecule has 7 heteroatoms. The fourth-order valence-electron chi connectivity index (χ4n) is 3.48. The molecule has 144 valence electrons. The normalized spacial score (nSPS) is 16.0.